The standard InChI is InChI=1S/C8H8ClNO3/c9-6-2-5(10)1-4(3-11)7(6)8(12)13/h1-2,11H,3,10H2,(H,12,13). The van der Waals surface area contributed by atoms with Crippen molar-refractivity contribution >= 4 is 23.3 Å². The second-order valence-electron chi connectivity index (χ2n) is 2.50. The molecule has 1 aromatic rings. The molecular formula is C8H8ClNO3. The maximum Gasteiger partial charge on any atom is 0.337 e. The van der Waals surface area contributed by atoms with Crippen LogP contribution in [-0.4, -0.2) is 16.2 Å². The third kappa shape index (κ3) is 1.91. The van der Waals surface area contributed by atoms with Crippen molar-refractivity contribution < 1.29 is 15.0 Å². The summed E-state index contributed by atoms with van der Waals surface area (Å²) in [6, 6.07) is 2.72. The van der Waals surface area contributed by atoms with Crippen LogP contribution in [0, 0.1) is 0 Å². The average Bonchev–Trinajstić information content (AvgIpc) is 2.01. The second-order valence-corrected chi connectivity index (χ2v) is 2.91. The van der Waals surface area contributed by atoms with Crippen LogP contribution in [0.2, 0.25) is 5.02 Å². The highest BCUT2D eigenvalue weighted by Gasteiger charge is 2.14. The van der Waals surface area contributed by atoms with Gasteiger partial charge in [-0.15, -0.1) is 0 Å². The first-order valence-corrected chi connectivity index (χ1v) is 3.86. The van der Waals surface area contributed by atoms with E-state index in [0.717, 1.165) is 0 Å². The Morgan fingerprint density at radius 2 is 2.15 bits per heavy atom. The molecule has 13 heavy (non-hydrogen) atoms. The summed E-state index contributed by atoms with van der Waals surface area (Å²) >= 11 is 5.64. The van der Waals surface area contributed by atoms with Gasteiger partial charge >= 0.3 is 5.97 Å². The number of nitrogen functional groups attached to an aromatic ring is 1. The Labute approximate surface area is 79.6 Å². The van der Waals surface area contributed by atoms with E-state index in [1.54, 1.807) is 0 Å². The van der Waals surface area contributed by atoms with Gasteiger partial charge in [-0.2, -0.15) is 0 Å². The van der Waals surface area contributed by atoms with Crippen LogP contribution in [0.5, 0.6) is 0 Å². The molecule has 0 unspecified atom stereocenters. The number of benzene rings is 1. The quantitative estimate of drug-likeness (QED) is 0.626. The number of carboxylic acids is 1. The SMILES string of the molecule is Nc1cc(Cl)c(C(=O)O)c(CO)c1. The fraction of sp³-hybridized carbons (Fsp3) is 0.125. The van der Waals surface area contributed by atoms with Gasteiger partial charge in [-0.05, 0) is 17.7 Å². The smallest absolute Gasteiger partial charge is 0.337 e. The van der Waals surface area contributed by atoms with E-state index in [4.69, 9.17) is 27.5 Å². The van der Waals surface area contributed by atoms with Gasteiger partial charge in [-0.1, -0.05) is 11.6 Å². The van der Waals surface area contributed by atoms with Crippen LogP contribution in [0.3, 0.4) is 0 Å². The van der Waals surface area contributed by atoms with Gasteiger partial charge in [0, 0.05) is 5.69 Å². The number of aliphatic hydroxyl groups is 1. The highest BCUT2D eigenvalue weighted by atomic mass is 35.5. The molecule has 4 N–H and O–H groups in total. The summed E-state index contributed by atoms with van der Waals surface area (Å²) in [5.74, 6) is -1.17. The molecule has 5 heteroatoms. The van der Waals surface area contributed by atoms with Gasteiger partial charge in [0.15, 0.2) is 0 Å². The highest BCUT2D eigenvalue weighted by Crippen LogP contribution is 2.23. The molecule has 0 bridgehead atoms. The molecule has 0 saturated carbocycles. The largest absolute Gasteiger partial charge is 0.478 e. The summed E-state index contributed by atoms with van der Waals surface area (Å²) in [7, 11) is 0. The zero-order valence-corrected chi connectivity index (χ0v) is 7.38. The lowest BCUT2D eigenvalue weighted by Crippen LogP contribution is -2.04. The van der Waals surface area contributed by atoms with Crippen LogP contribution in [-0.2, 0) is 6.61 Å². The van der Waals surface area contributed by atoms with E-state index in [0.29, 0.717) is 5.69 Å². The normalized spacial score (nSPS) is 10.0. The maximum absolute atomic E-state index is 10.7. The summed E-state index contributed by atoms with van der Waals surface area (Å²) in [6.45, 7) is -0.396. The minimum atomic E-state index is -1.17. The molecule has 0 amide bonds. The maximum atomic E-state index is 10.7. The summed E-state index contributed by atoms with van der Waals surface area (Å²) in [4.78, 5) is 10.7. The van der Waals surface area contributed by atoms with Gasteiger partial charge in [0.2, 0.25) is 0 Å². The minimum absolute atomic E-state index is 0.0385. The van der Waals surface area contributed by atoms with Gasteiger partial charge in [0.25, 0.3) is 0 Å². The molecule has 4 nitrogen and oxygen atoms in total. The van der Waals surface area contributed by atoms with Crippen molar-refractivity contribution in [3.63, 3.8) is 0 Å². The number of aromatic carboxylic acids is 1. The lowest BCUT2D eigenvalue weighted by Gasteiger charge is -2.06. The number of rotatable bonds is 2. The van der Waals surface area contributed by atoms with Crippen molar-refractivity contribution in [3.8, 4) is 0 Å². The van der Waals surface area contributed by atoms with Crippen molar-refractivity contribution in [1.29, 1.82) is 0 Å². The zero-order valence-electron chi connectivity index (χ0n) is 6.62. The highest BCUT2D eigenvalue weighted by molar-refractivity contribution is 6.34. The van der Waals surface area contributed by atoms with Gasteiger partial charge < -0.3 is 15.9 Å². The molecule has 1 rings (SSSR count). The topological polar surface area (TPSA) is 83.6 Å². The molecule has 1 aromatic carbocycles. The Bertz CT molecular complexity index is 351. The van der Waals surface area contributed by atoms with Crippen LogP contribution in [0.25, 0.3) is 0 Å². The number of aliphatic hydroxyl groups excluding tert-OH is 1. The Morgan fingerprint density at radius 3 is 2.62 bits per heavy atom. The Kier molecular flexibility index (Phi) is 2.75. The van der Waals surface area contributed by atoms with Crippen molar-refractivity contribution in [2.75, 3.05) is 5.73 Å². The van der Waals surface area contributed by atoms with E-state index >= 15 is 0 Å². The number of hydrogen-bond donors (Lipinski definition) is 3. The van der Waals surface area contributed by atoms with E-state index in [2.05, 4.69) is 0 Å². The number of carboxylic acid groups (broad SMARTS) is 1. The molecule has 0 aliphatic rings. The average molecular weight is 202 g/mol. The molecule has 0 atom stereocenters. The fourth-order valence-electron chi connectivity index (χ4n) is 1.05. The number of hydrogen-bond acceptors (Lipinski definition) is 3. The van der Waals surface area contributed by atoms with Crippen molar-refractivity contribution in [2.24, 2.45) is 0 Å². The van der Waals surface area contributed by atoms with E-state index in [1.807, 2.05) is 0 Å². The first-order chi connectivity index (χ1) is 6.06. The van der Waals surface area contributed by atoms with Crippen LogP contribution in [0.4, 0.5) is 5.69 Å². The minimum Gasteiger partial charge on any atom is -0.478 e. The Balaban J connectivity index is 3.38. The van der Waals surface area contributed by atoms with Gasteiger partial charge in [-0.3, -0.25) is 0 Å². The third-order valence-corrected chi connectivity index (χ3v) is 1.88. The Morgan fingerprint density at radius 1 is 1.54 bits per heavy atom. The van der Waals surface area contributed by atoms with E-state index < -0.39 is 12.6 Å². The predicted octanol–water partition coefficient (Wildman–Crippen LogP) is 1.11. The second kappa shape index (κ2) is 3.64. The summed E-state index contributed by atoms with van der Waals surface area (Å²) in [6.07, 6.45) is 0. The van der Waals surface area contributed by atoms with Gasteiger partial charge in [-0.25, -0.2) is 4.79 Å². The molecule has 0 aliphatic carbocycles. The molecule has 0 spiro atoms. The molecule has 0 radical (unpaired) electrons. The number of anilines is 1. The first-order valence-electron chi connectivity index (χ1n) is 3.48. The molecule has 0 fully saturated rings. The van der Waals surface area contributed by atoms with Gasteiger partial charge in [0.05, 0.1) is 17.2 Å². The molecular weight excluding hydrogens is 194 g/mol. The summed E-state index contributed by atoms with van der Waals surface area (Å²) < 4.78 is 0. The zero-order chi connectivity index (χ0) is 10.0. The van der Waals surface area contributed by atoms with Crippen molar-refractivity contribution in [1.82, 2.24) is 0 Å². The van der Waals surface area contributed by atoms with Crippen LogP contribution in [0.15, 0.2) is 12.1 Å². The predicted molar refractivity (Wildman–Crippen MR) is 48.7 cm³/mol. The Hall–Kier alpha value is -1.26. The van der Waals surface area contributed by atoms with Crippen molar-refractivity contribution in [2.45, 2.75) is 6.61 Å². The number of halogens is 1. The third-order valence-electron chi connectivity index (χ3n) is 1.58. The van der Waals surface area contributed by atoms with Crippen LogP contribution in [0.1, 0.15) is 15.9 Å². The van der Waals surface area contributed by atoms with Crippen LogP contribution < -0.4 is 5.73 Å². The summed E-state index contributed by atoms with van der Waals surface area (Å²) in [5, 5.41) is 17.6. The first kappa shape index (κ1) is 9.83. The van der Waals surface area contributed by atoms with E-state index in [-0.39, 0.29) is 16.1 Å². The molecule has 0 aromatic heterocycles. The molecule has 70 valence electrons. The monoisotopic (exact) mass is 201 g/mol. The van der Waals surface area contributed by atoms with Gasteiger partial charge in [0.1, 0.15) is 0 Å². The van der Waals surface area contributed by atoms with Crippen LogP contribution >= 0.6 is 11.6 Å². The van der Waals surface area contributed by atoms with Crippen molar-refractivity contribution in [3.05, 3.63) is 28.3 Å². The van der Waals surface area contributed by atoms with E-state index in [1.165, 1.54) is 12.1 Å². The molecule has 0 saturated heterocycles. The lowest BCUT2D eigenvalue weighted by molar-refractivity contribution is 0.0693. The summed E-state index contributed by atoms with van der Waals surface area (Å²) in [5.41, 5.74) is 5.87. The van der Waals surface area contributed by atoms with E-state index in [9.17, 15) is 4.79 Å². The number of carbonyl (C=O) groups is 1. The molecule has 0 aliphatic heterocycles. The fourth-order valence-corrected chi connectivity index (χ4v) is 1.38. The molecule has 0 heterocycles. The lowest BCUT2D eigenvalue weighted by atomic mass is 10.1. The number of nitrogens with two attached hydrogens (primary N) is 1.